The molecule has 3 amide bonds. The molecule has 0 saturated carbocycles. The quantitative estimate of drug-likeness (QED) is 0.597. The van der Waals surface area contributed by atoms with Crippen molar-refractivity contribution in [3.63, 3.8) is 0 Å². The monoisotopic (exact) mass is 459 g/mol. The van der Waals surface area contributed by atoms with Gasteiger partial charge in [0.15, 0.2) is 11.6 Å². The number of hydrogen-bond donors (Lipinski definition) is 1. The minimum absolute atomic E-state index is 0.0266. The number of carbonyl (C=O) groups excluding carboxylic acids is 2. The number of hydrogen-bond acceptors (Lipinski definition) is 2. The smallest absolute Gasteiger partial charge is 0.322 e. The van der Waals surface area contributed by atoms with Gasteiger partial charge in [0.25, 0.3) is 0 Å². The van der Waals surface area contributed by atoms with Gasteiger partial charge in [-0.25, -0.2) is 13.6 Å². The maximum atomic E-state index is 14.6. The van der Waals surface area contributed by atoms with Crippen LogP contribution < -0.4 is 5.32 Å². The number of halogens is 2. The summed E-state index contributed by atoms with van der Waals surface area (Å²) in [4.78, 5) is 30.3. The van der Waals surface area contributed by atoms with Crippen molar-refractivity contribution in [3.8, 4) is 0 Å². The second kappa shape index (κ2) is 7.94. The maximum Gasteiger partial charge on any atom is 0.322 e. The molecule has 2 bridgehead atoms. The number of fused-ring (bicyclic) bond motifs is 6. The third-order valence-electron chi connectivity index (χ3n) is 7.34. The number of carbonyl (C=O) groups is 2. The SMILES string of the molecule is O=C1Nc2ccc(F)c(F)c2CN1[C@H](Cc1ccccc1)C(=O)N1C[C@H]2C[C@@H]1c1ccccc12. The molecule has 3 aromatic rings. The first-order valence-electron chi connectivity index (χ1n) is 11.5. The van der Waals surface area contributed by atoms with Crippen molar-refractivity contribution in [2.45, 2.75) is 37.4 Å². The van der Waals surface area contributed by atoms with Gasteiger partial charge in [-0.1, -0.05) is 54.6 Å². The number of benzene rings is 3. The predicted octanol–water partition coefficient (Wildman–Crippen LogP) is 4.99. The highest BCUT2D eigenvalue weighted by Gasteiger charge is 2.47. The van der Waals surface area contributed by atoms with Crippen molar-refractivity contribution in [2.75, 3.05) is 11.9 Å². The van der Waals surface area contributed by atoms with Gasteiger partial charge in [-0.2, -0.15) is 0 Å². The lowest BCUT2D eigenvalue weighted by molar-refractivity contribution is -0.137. The van der Waals surface area contributed by atoms with Gasteiger partial charge < -0.3 is 15.1 Å². The molecule has 172 valence electrons. The molecule has 1 saturated heterocycles. The van der Waals surface area contributed by atoms with E-state index in [9.17, 15) is 18.4 Å². The lowest BCUT2D eigenvalue weighted by Crippen LogP contribution is -2.54. The number of amides is 3. The normalized spacial score (nSPS) is 21.2. The Hall–Kier alpha value is -3.74. The maximum absolute atomic E-state index is 14.6. The zero-order valence-electron chi connectivity index (χ0n) is 18.4. The van der Waals surface area contributed by atoms with Crippen molar-refractivity contribution >= 4 is 17.6 Å². The van der Waals surface area contributed by atoms with Crippen LogP contribution >= 0.6 is 0 Å². The van der Waals surface area contributed by atoms with Crippen LogP contribution in [-0.2, 0) is 17.8 Å². The summed E-state index contributed by atoms with van der Waals surface area (Å²) in [6, 6.07) is 18.6. The van der Waals surface area contributed by atoms with Gasteiger partial charge in [0.2, 0.25) is 5.91 Å². The molecule has 2 heterocycles. The largest absolute Gasteiger partial charge is 0.333 e. The van der Waals surface area contributed by atoms with E-state index in [1.54, 1.807) is 0 Å². The number of nitrogens with one attached hydrogen (secondary N) is 1. The van der Waals surface area contributed by atoms with Gasteiger partial charge >= 0.3 is 6.03 Å². The molecule has 0 radical (unpaired) electrons. The highest BCUT2D eigenvalue weighted by atomic mass is 19.2. The number of likely N-dealkylation sites (tertiary alicyclic amines) is 1. The number of anilines is 1. The fourth-order valence-electron chi connectivity index (χ4n) is 5.69. The van der Waals surface area contributed by atoms with E-state index in [4.69, 9.17) is 0 Å². The molecule has 7 heteroatoms. The molecular weight excluding hydrogens is 436 g/mol. The van der Waals surface area contributed by atoms with Crippen molar-refractivity contribution < 1.29 is 18.4 Å². The first-order chi connectivity index (χ1) is 16.5. The minimum Gasteiger partial charge on any atom is -0.333 e. The molecule has 3 aliphatic rings. The van der Waals surface area contributed by atoms with Crippen LogP contribution in [0.5, 0.6) is 0 Å². The number of urea groups is 1. The highest BCUT2D eigenvalue weighted by molar-refractivity contribution is 5.96. The molecule has 1 aliphatic carbocycles. The van der Waals surface area contributed by atoms with E-state index < -0.39 is 23.7 Å². The summed E-state index contributed by atoms with van der Waals surface area (Å²) in [5.74, 6) is -1.86. The van der Waals surface area contributed by atoms with Crippen LogP contribution in [0.1, 0.15) is 40.6 Å². The highest BCUT2D eigenvalue weighted by Crippen LogP contribution is 2.50. The van der Waals surface area contributed by atoms with Crippen LogP contribution in [-0.4, -0.2) is 34.3 Å². The molecule has 6 rings (SSSR count). The van der Waals surface area contributed by atoms with Crippen LogP contribution in [0.4, 0.5) is 19.3 Å². The van der Waals surface area contributed by atoms with Crippen LogP contribution in [0.3, 0.4) is 0 Å². The molecule has 0 unspecified atom stereocenters. The average Bonchev–Trinajstić information content (AvgIpc) is 3.45. The Labute approximate surface area is 196 Å². The Kier molecular flexibility index (Phi) is 4.86. The van der Waals surface area contributed by atoms with E-state index in [0.29, 0.717) is 6.54 Å². The third kappa shape index (κ3) is 3.26. The van der Waals surface area contributed by atoms with Crippen LogP contribution in [0, 0.1) is 11.6 Å². The van der Waals surface area contributed by atoms with Crippen molar-refractivity contribution in [1.29, 1.82) is 0 Å². The van der Waals surface area contributed by atoms with Gasteiger partial charge in [-0.05, 0) is 35.2 Å². The molecule has 0 aromatic heterocycles. The zero-order valence-corrected chi connectivity index (χ0v) is 18.4. The van der Waals surface area contributed by atoms with Crippen molar-refractivity contribution in [2.24, 2.45) is 0 Å². The fraction of sp³-hybridized carbons (Fsp3) is 0.259. The lowest BCUT2D eigenvalue weighted by Gasteiger charge is -2.39. The summed E-state index contributed by atoms with van der Waals surface area (Å²) < 4.78 is 28.6. The Morgan fingerprint density at radius 3 is 2.53 bits per heavy atom. The average molecular weight is 459 g/mol. The lowest BCUT2D eigenvalue weighted by atomic mass is 9.97. The van der Waals surface area contributed by atoms with E-state index in [2.05, 4.69) is 17.4 Å². The Bertz CT molecular complexity index is 1300. The first-order valence-corrected chi connectivity index (χ1v) is 11.5. The minimum atomic E-state index is -0.998. The standard InChI is InChI=1S/C27H23F2N3O2/c28-21-10-11-22-20(25(21)29)15-32(27(34)30-22)24(12-16-6-2-1-3-7-16)26(33)31-14-17-13-23(31)19-9-5-4-8-18(17)19/h1-11,17,23-24H,12-15H2,(H,30,34)/t17-,23-,24-/m1/s1. The molecule has 1 fully saturated rings. The molecule has 2 aliphatic heterocycles. The second-order valence-corrected chi connectivity index (χ2v) is 9.22. The van der Waals surface area contributed by atoms with E-state index in [1.807, 2.05) is 47.4 Å². The molecule has 3 aromatic carbocycles. The molecule has 3 atom stereocenters. The summed E-state index contributed by atoms with van der Waals surface area (Å²) in [6.45, 7) is 0.424. The second-order valence-electron chi connectivity index (χ2n) is 9.22. The summed E-state index contributed by atoms with van der Waals surface area (Å²) in [6.07, 6.45) is 1.16. The summed E-state index contributed by atoms with van der Waals surface area (Å²) in [7, 11) is 0. The number of nitrogens with zero attached hydrogens (tertiary/aromatic N) is 2. The Balaban J connectivity index is 1.36. The van der Waals surface area contributed by atoms with Gasteiger partial charge in [-0.3, -0.25) is 4.79 Å². The fourth-order valence-corrected chi connectivity index (χ4v) is 5.69. The molecule has 1 N–H and O–H groups in total. The van der Waals surface area contributed by atoms with Gasteiger partial charge in [0.1, 0.15) is 6.04 Å². The first kappa shape index (κ1) is 20.8. The van der Waals surface area contributed by atoms with E-state index in [-0.39, 0.29) is 42.1 Å². The van der Waals surface area contributed by atoms with Crippen molar-refractivity contribution in [3.05, 3.63) is 101 Å². The van der Waals surface area contributed by atoms with Crippen LogP contribution in [0.25, 0.3) is 0 Å². The van der Waals surface area contributed by atoms with Crippen molar-refractivity contribution in [1.82, 2.24) is 9.80 Å². The number of rotatable bonds is 4. The zero-order chi connectivity index (χ0) is 23.4. The van der Waals surface area contributed by atoms with E-state index >= 15 is 0 Å². The Morgan fingerprint density at radius 2 is 1.74 bits per heavy atom. The van der Waals surface area contributed by atoms with Gasteiger partial charge in [-0.15, -0.1) is 0 Å². The van der Waals surface area contributed by atoms with E-state index in [0.717, 1.165) is 23.6 Å². The topological polar surface area (TPSA) is 52.7 Å². The third-order valence-corrected chi connectivity index (χ3v) is 7.34. The summed E-state index contributed by atoms with van der Waals surface area (Å²) in [5.41, 5.74) is 3.63. The molecular formula is C27H23F2N3O2. The van der Waals surface area contributed by atoms with Crippen LogP contribution in [0.15, 0.2) is 66.7 Å². The predicted molar refractivity (Wildman–Crippen MR) is 123 cm³/mol. The molecule has 34 heavy (non-hydrogen) atoms. The molecule has 5 nitrogen and oxygen atoms in total. The summed E-state index contributed by atoms with van der Waals surface area (Å²) >= 11 is 0. The van der Waals surface area contributed by atoms with Gasteiger partial charge in [0.05, 0.1) is 18.3 Å². The molecule has 0 spiro atoms. The Morgan fingerprint density at radius 1 is 1.00 bits per heavy atom. The van der Waals surface area contributed by atoms with Gasteiger partial charge in [0, 0.05) is 24.4 Å². The summed E-state index contributed by atoms with van der Waals surface area (Å²) in [5, 5.41) is 2.65. The van der Waals surface area contributed by atoms with Crippen LogP contribution in [0.2, 0.25) is 0 Å². The van der Waals surface area contributed by atoms with E-state index in [1.165, 1.54) is 16.5 Å².